The van der Waals surface area contributed by atoms with Gasteiger partial charge in [0.2, 0.25) is 5.91 Å². The van der Waals surface area contributed by atoms with Gasteiger partial charge in [-0.25, -0.2) is 9.79 Å². The van der Waals surface area contributed by atoms with E-state index in [2.05, 4.69) is 39.0 Å². The van der Waals surface area contributed by atoms with Crippen molar-refractivity contribution in [3.05, 3.63) is 72.4 Å². The molecular weight excluding hydrogens is 440 g/mol. The summed E-state index contributed by atoms with van der Waals surface area (Å²) in [6.45, 7) is 4.31. The lowest BCUT2D eigenvalue weighted by Crippen LogP contribution is -2.54. The predicted molar refractivity (Wildman–Crippen MR) is 138 cm³/mol. The van der Waals surface area contributed by atoms with Crippen LogP contribution in [0.5, 0.6) is 0 Å². The molecule has 2 aromatic carbocycles. The van der Waals surface area contributed by atoms with E-state index in [1.54, 1.807) is 17.2 Å². The second kappa shape index (κ2) is 12.4. The van der Waals surface area contributed by atoms with Crippen molar-refractivity contribution in [2.45, 2.75) is 38.8 Å². The molecule has 7 heteroatoms. The van der Waals surface area contributed by atoms with Gasteiger partial charge in [-0.1, -0.05) is 68.2 Å². The zero-order valence-electron chi connectivity index (χ0n) is 20.4. The summed E-state index contributed by atoms with van der Waals surface area (Å²) in [6.07, 6.45) is 4.09. The highest BCUT2D eigenvalue weighted by Gasteiger charge is 2.37. The summed E-state index contributed by atoms with van der Waals surface area (Å²) in [5.41, 5.74) is 9.42. The van der Waals surface area contributed by atoms with E-state index < -0.39 is 12.1 Å². The van der Waals surface area contributed by atoms with E-state index in [9.17, 15) is 9.59 Å². The fraction of sp³-hybridized carbons (Fsp3) is 0.321. The molecule has 3 N–H and O–H groups in total. The van der Waals surface area contributed by atoms with Gasteiger partial charge in [-0.3, -0.25) is 4.79 Å². The van der Waals surface area contributed by atoms with E-state index in [-0.39, 0.29) is 17.9 Å². The lowest BCUT2D eigenvalue weighted by Gasteiger charge is -2.30. The Bertz CT molecular complexity index is 1130. The van der Waals surface area contributed by atoms with Gasteiger partial charge >= 0.3 is 6.09 Å². The van der Waals surface area contributed by atoms with Crippen molar-refractivity contribution in [2.24, 2.45) is 16.6 Å². The van der Waals surface area contributed by atoms with E-state index in [0.717, 1.165) is 29.5 Å². The smallest absolute Gasteiger partial charge is 0.407 e. The molecule has 2 amide bonds. The minimum absolute atomic E-state index is 0.0991. The van der Waals surface area contributed by atoms with Gasteiger partial charge in [-0.05, 0) is 42.0 Å². The third-order valence-electron chi connectivity index (χ3n) is 5.86. The van der Waals surface area contributed by atoms with Crippen molar-refractivity contribution in [1.29, 1.82) is 0 Å². The zero-order chi connectivity index (χ0) is 25.2. The standard InChI is InChI=1S/C28H32N4O3/c1-20(2)25(31-28(34)35-3)27(33)32-19-9-13-24(32)26(29)30-18-8-7-10-21-14-16-23(17-15-21)22-11-5-4-6-12-22/h4-6,8,11-12,14-18,20,24-25H,9,13,19H2,1-3H3,(H2,29,30)(H,31,34)/b18-8+/t24-,25?/m1/s1. The molecule has 2 aromatic rings. The molecule has 1 saturated heterocycles. The maximum Gasteiger partial charge on any atom is 0.407 e. The molecule has 0 aromatic heterocycles. The lowest BCUT2D eigenvalue weighted by molar-refractivity contribution is -0.134. The van der Waals surface area contributed by atoms with E-state index in [0.29, 0.717) is 12.4 Å². The van der Waals surface area contributed by atoms with Crippen LogP contribution in [0, 0.1) is 17.8 Å². The molecule has 2 atom stereocenters. The van der Waals surface area contributed by atoms with E-state index in [4.69, 9.17) is 5.73 Å². The minimum Gasteiger partial charge on any atom is -0.453 e. The summed E-state index contributed by atoms with van der Waals surface area (Å²) < 4.78 is 4.66. The number of ether oxygens (including phenoxy) is 1. The Balaban J connectivity index is 1.62. The molecular formula is C28H32N4O3. The molecule has 3 rings (SSSR count). The fourth-order valence-electron chi connectivity index (χ4n) is 3.96. The third-order valence-corrected chi connectivity index (χ3v) is 5.86. The number of nitrogens with two attached hydrogens (primary N) is 1. The number of rotatable bonds is 6. The molecule has 1 unspecified atom stereocenters. The maximum atomic E-state index is 13.1. The molecule has 0 aliphatic carbocycles. The van der Waals surface area contributed by atoms with Crippen molar-refractivity contribution >= 4 is 17.8 Å². The molecule has 0 spiro atoms. The van der Waals surface area contributed by atoms with Gasteiger partial charge in [0.25, 0.3) is 0 Å². The lowest BCUT2D eigenvalue weighted by atomic mass is 10.0. The number of methoxy groups -OCH3 is 1. The van der Waals surface area contributed by atoms with Crippen LogP contribution in [-0.4, -0.2) is 48.5 Å². The van der Waals surface area contributed by atoms with Gasteiger partial charge in [0.15, 0.2) is 0 Å². The summed E-state index contributed by atoms with van der Waals surface area (Å²) in [4.78, 5) is 30.8. The molecule has 1 aliphatic heterocycles. The number of alkyl carbamates (subject to hydrolysis) is 1. The first kappa shape index (κ1) is 25.6. The Labute approximate surface area is 207 Å². The summed E-state index contributed by atoms with van der Waals surface area (Å²) in [6, 6.07) is 17.2. The molecule has 0 radical (unpaired) electrons. The van der Waals surface area contributed by atoms with Gasteiger partial charge in [0, 0.05) is 24.4 Å². The number of amidine groups is 1. The number of hydrogen-bond acceptors (Lipinski definition) is 4. The van der Waals surface area contributed by atoms with Crippen molar-refractivity contribution in [3.63, 3.8) is 0 Å². The zero-order valence-corrected chi connectivity index (χ0v) is 20.4. The quantitative estimate of drug-likeness (QED) is 0.378. The van der Waals surface area contributed by atoms with E-state index in [1.165, 1.54) is 7.11 Å². The summed E-state index contributed by atoms with van der Waals surface area (Å²) in [5.74, 6) is 6.11. The first-order valence-corrected chi connectivity index (χ1v) is 11.7. The van der Waals surface area contributed by atoms with Gasteiger partial charge < -0.3 is 20.7 Å². The number of nitrogens with zero attached hydrogens (tertiary/aromatic N) is 2. The second-order valence-corrected chi connectivity index (χ2v) is 8.63. The molecule has 35 heavy (non-hydrogen) atoms. The molecule has 1 fully saturated rings. The SMILES string of the molecule is COC(=O)NC(C(=O)N1CCC[C@@H]1C(N)=N/C=C/C#Cc1ccc(-c2ccccc2)cc1)C(C)C. The molecule has 7 nitrogen and oxygen atoms in total. The normalized spacial score (nSPS) is 16.6. The molecule has 182 valence electrons. The summed E-state index contributed by atoms with van der Waals surface area (Å²) in [5, 5.41) is 2.63. The highest BCUT2D eigenvalue weighted by Crippen LogP contribution is 2.21. The molecule has 1 heterocycles. The average molecular weight is 473 g/mol. The Morgan fingerprint density at radius 1 is 1.14 bits per heavy atom. The Morgan fingerprint density at radius 3 is 2.49 bits per heavy atom. The van der Waals surface area contributed by atoms with Crippen LogP contribution < -0.4 is 11.1 Å². The largest absolute Gasteiger partial charge is 0.453 e. The maximum absolute atomic E-state index is 13.1. The van der Waals surface area contributed by atoms with Crippen molar-refractivity contribution in [1.82, 2.24) is 10.2 Å². The monoisotopic (exact) mass is 472 g/mol. The van der Waals surface area contributed by atoms with Crippen LogP contribution in [-0.2, 0) is 9.53 Å². The van der Waals surface area contributed by atoms with Gasteiger partial charge in [0.1, 0.15) is 11.9 Å². The van der Waals surface area contributed by atoms with Gasteiger partial charge in [0.05, 0.1) is 13.2 Å². The first-order chi connectivity index (χ1) is 16.9. The second-order valence-electron chi connectivity index (χ2n) is 8.63. The fourth-order valence-corrected chi connectivity index (χ4v) is 3.96. The number of hydrogen-bond donors (Lipinski definition) is 2. The van der Waals surface area contributed by atoms with Crippen molar-refractivity contribution in [2.75, 3.05) is 13.7 Å². The third kappa shape index (κ3) is 6.97. The number of aliphatic imine (C=N–C) groups is 1. The van der Waals surface area contributed by atoms with Crippen LogP contribution in [0.3, 0.4) is 0 Å². The summed E-state index contributed by atoms with van der Waals surface area (Å²) in [7, 11) is 1.27. The predicted octanol–water partition coefficient (Wildman–Crippen LogP) is 3.95. The number of carbonyl (C=O) groups is 2. The highest BCUT2D eigenvalue weighted by atomic mass is 16.5. The van der Waals surface area contributed by atoms with E-state index >= 15 is 0 Å². The van der Waals surface area contributed by atoms with Crippen molar-refractivity contribution < 1.29 is 14.3 Å². The highest BCUT2D eigenvalue weighted by molar-refractivity contribution is 5.93. The van der Waals surface area contributed by atoms with Gasteiger partial charge in [-0.15, -0.1) is 0 Å². The number of nitrogens with one attached hydrogen (secondary N) is 1. The van der Waals surface area contributed by atoms with Crippen LogP contribution in [0.25, 0.3) is 11.1 Å². The van der Waals surface area contributed by atoms with Crippen LogP contribution >= 0.6 is 0 Å². The Hall–Kier alpha value is -4.05. The Kier molecular flexibility index (Phi) is 9.08. The number of allylic oxidation sites excluding steroid dienone is 1. The first-order valence-electron chi connectivity index (χ1n) is 11.7. The van der Waals surface area contributed by atoms with Gasteiger partial charge in [-0.2, -0.15) is 0 Å². The van der Waals surface area contributed by atoms with Crippen LogP contribution in [0.4, 0.5) is 4.79 Å². The topological polar surface area (TPSA) is 97.0 Å². The number of carbonyl (C=O) groups excluding carboxylic acids is 2. The number of benzene rings is 2. The average Bonchev–Trinajstić information content (AvgIpc) is 3.37. The van der Waals surface area contributed by atoms with Crippen LogP contribution in [0.2, 0.25) is 0 Å². The summed E-state index contributed by atoms with van der Waals surface area (Å²) >= 11 is 0. The van der Waals surface area contributed by atoms with Crippen LogP contribution in [0.1, 0.15) is 32.3 Å². The number of amides is 2. The molecule has 0 bridgehead atoms. The van der Waals surface area contributed by atoms with Crippen molar-refractivity contribution in [3.8, 4) is 23.0 Å². The Morgan fingerprint density at radius 2 is 1.83 bits per heavy atom. The molecule has 1 aliphatic rings. The molecule has 0 saturated carbocycles. The van der Waals surface area contributed by atoms with E-state index in [1.807, 2.05) is 56.3 Å². The number of likely N-dealkylation sites (tertiary alicyclic amines) is 1. The minimum atomic E-state index is -0.689. The van der Waals surface area contributed by atoms with Crippen LogP contribution in [0.15, 0.2) is 71.9 Å².